The van der Waals surface area contributed by atoms with Crippen molar-refractivity contribution in [1.29, 1.82) is 0 Å². The van der Waals surface area contributed by atoms with Crippen LogP contribution in [0.1, 0.15) is 11.1 Å². The van der Waals surface area contributed by atoms with Crippen LogP contribution in [0.4, 0.5) is 0 Å². The third kappa shape index (κ3) is 6.36. The molecule has 0 bridgehead atoms. The molecule has 0 saturated carbocycles. The number of thioether (sulfide) groups is 1. The highest BCUT2D eigenvalue weighted by Crippen LogP contribution is 2.35. The molecule has 3 aromatic carbocycles. The minimum Gasteiger partial charge on any atom is -0.496 e. The maximum atomic E-state index is 12.0. The van der Waals surface area contributed by atoms with Gasteiger partial charge in [-0.25, -0.2) is 4.79 Å². The standard InChI is InChI=1S/C25H18Cl2N2O5S/c1-32-21-10-9-18(27)13-19(21)23-28-29-25(34-23)35-22(24(30)31)12-16-6-2-3-8-20(16)33-14-15-5-4-7-17(26)11-15/h2-13H,14H2,1H3,(H,30,31)/b22-12-. The zero-order valence-electron chi connectivity index (χ0n) is 18.3. The van der Waals surface area contributed by atoms with Gasteiger partial charge in [-0.2, -0.15) is 0 Å². The van der Waals surface area contributed by atoms with E-state index in [2.05, 4.69) is 10.2 Å². The average molecular weight is 529 g/mol. The molecule has 0 unspecified atom stereocenters. The van der Waals surface area contributed by atoms with Gasteiger partial charge < -0.3 is 19.0 Å². The lowest BCUT2D eigenvalue weighted by molar-refractivity contribution is -0.131. The second kappa shape index (κ2) is 11.3. The number of carboxylic acids is 1. The highest BCUT2D eigenvalue weighted by molar-refractivity contribution is 8.03. The van der Waals surface area contributed by atoms with Crippen LogP contribution < -0.4 is 9.47 Å². The number of nitrogens with zero attached hydrogens (tertiary/aromatic N) is 2. The van der Waals surface area contributed by atoms with Crippen LogP contribution in [0.2, 0.25) is 10.0 Å². The average Bonchev–Trinajstić information content (AvgIpc) is 3.31. The highest BCUT2D eigenvalue weighted by Gasteiger charge is 2.19. The summed E-state index contributed by atoms with van der Waals surface area (Å²) in [7, 11) is 1.51. The fourth-order valence-electron chi connectivity index (χ4n) is 3.10. The van der Waals surface area contributed by atoms with E-state index in [-0.39, 0.29) is 22.6 Å². The quantitative estimate of drug-likeness (QED) is 0.186. The number of hydrogen-bond acceptors (Lipinski definition) is 7. The minimum absolute atomic E-state index is 0.0305. The lowest BCUT2D eigenvalue weighted by Gasteiger charge is -2.10. The summed E-state index contributed by atoms with van der Waals surface area (Å²) in [6.45, 7) is 0.273. The van der Waals surface area contributed by atoms with Gasteiger partial charge in [0, 0.05) is 15.6 Å². The zero-order valence-corrected chi connectivity index (χ0v) is 20.6. The number of aromatic nitrogens is 2. The Hall–Kier alpha value is -3.46. The lowest BCUT2D eigenvalue weighted by atomic mass is 10.2. The Labute approximate surface area is 215 Å². The third-order valence-electron chi connectivity index (χ3n) is 4.70. The SMILES string of the molecule is COc1ccc(Cl)cc1-c1nnc(S/C(=C\c2ccccc2OCc2cccc(Cl)c2)C(=O)O)o1. The highest BCUT2D eigenvalue weighted by atomic mass is 35.5. The molecule has 1 aromatic heterocycles. The number of aliphatic carboxylic acids is 1. The van der Waals surface area contributed by atoms with Gasteiger partial charge in [0.1, 0.15) is 23.0 Å². The molecule has 0 spiro atoms. The smallest absolute Gasteiger partial charge is 0.342 e. The van der Waals surface area contributed by atoms with Gasteiger partial charge >= 0.3 is 5.97 Å². The summed E-state index contributed by atoms with van der Waals surface area (Å²) in [6, 6.07) is 19.4. The van der Waals surface area contributed by atoms with Crippen LogP contribution in [0.15, 0.2) is 81.3 Å². The number of benzene rings is 3. The van der Waals surface area contributed by atoms with E-state index in [9.17, 15) is 9.90 Å². The van der Waals surface area contributed by atoms with E-state index in [0.717, 1.165) is 17.3 Å². The van der Waals surface area contributed by atoms with Crippen molar-refractivity contribution >= 4 is 47.0 Å². The summed E-state index contributed by atoms with van der Waals surface area (Å²) in [4.78, 5) is 12.0. The monoisotopic (exact) mass is 528 g/mol. The maximum Gasteiger partial charge on any atom is 0.342 e. The van der Waals surface area contributed by atoms with Crippen molar-refractivity contribution in [2.75, 3.05) is 7.11 Å². The van der Waals surface area contributed by atoms with Gasteiger partial charge in [0.05, 0.1) is 12.7 Å². The van der Waals surface area contributed by atoms with Crippen LogP contribution in [0.3, 0.4) is 0 Å². The first-order valence-corrected chi connectivity index (χ1v) is 11.8. The summed E-state index contributed by atoms with van der Waals surface area (Å²) < 4.78 is 16.9. The van der Waals surface area contributed by atoms with Gasteiger partial charge in [-0.05, 0) is 59.8 Å². The van der Waals surface area contributed by atoms with Crippen molar-refractivity contribution < 1.29 is 23.8 Å². The van der Waals surface area contributed by atoms with Gasteiger partial charge in [0.2, 0.25) is 0 Å². The van der Waals surface area contributed by atoms with Gasteiger partial charge in [-0.3, -0.25) is 0 Å². The molecule has 0 aliphatic heterocycles. The zero-order chi connectivity index (χ0) is 24.8. The molecule has 0 atom stereocenters. The molecule has 1 N–H and O–H groups in total. The molecule has 4 rings (SSSR count). The van der Waals surface area contributed by atoms with Crippen LogP contribution in [0.5, 0.6) is 11.5 Å². The van der Waals surface area contributed by atoms with Gasteiger partial charge in [0.15, 0.2) is 0 Å². The maximum absolute atomic E-state index is 12.0. The lowest BCUT2D eigenvalue weighted by Crippen LogP contribution is -1.99. The Bertz CT molecular complexity index is 1390. The van der Waals surface area contributed by atoms with Crippen molar-refractivity contribution in [1.82, 2.24) is 10.2 Å². The molecule has 4 aromatic rings. The van der Waals surface area contributed by atoms with Crippen molar-refractivity contribution in [2.24, 2.45) is 0 Å². The van der Waals surface area contributed by atoms with Crippen LogP contribution in [-0.4, -0.2) is 28.4 Å². The Morgan fingerprint density at radius 3 is 2.60 bits per heavy atom. The largest absolute Gasteiger partial charge is 0.496 e. The molecule has 0 fully saturated rings. The third-order valence-corrected chi connectivity index (χ3v) is 6.02. The van der Waals surface area contributed by atoms with E-state index in [0.29, 0.717) is 32.7 Å². The predicted molar refractivity (Wildman–Crippen MR) is 135 cm³/mol. The van der Waals surface area contributed by atoms with Crippen molar-refractivity contribution in [3.8, 4) is 23.0 Å². The molecule has 0 saturated heterocycles. The summed E-state index contributed by atoms with van der Waals surface area (Å²) >= 11 is 12.9. The summed E-state index contributed by atoms with van der Waals surface area (Å²) in [5, 5.41) is 18.9. The second-order valence-corrected chi connectivity index (χ2v) is 8.96. The van der Waals surface area contributed by atoms with Crippen molar-refractivity contribution in [2.45, 2.75) is 11.8 Å². The number of rotatable bonds is 9. The number of methoxy groups -OCH3 is 1. The number of hydrogen-bond donors (Lipinski definition) is 1. The van der Waals surface area contributed by atoms with E-state index in [4.69, 9.17) is 37.1 Å². The topological polar surface area (TPSA) is 94.7 Å². The molecule has 0 amide bonds. The molecule has 0 aliphatic rings. The first kappa shape index (κ1) is 24.7. The van der Waals surface area contributed by atoms with Crippen LogP contribution in [-0.2, 0) is 11.4 Å². The molecule has 10 heteroatoms. The minimum atomic E-state index is -1.15. The Morgan fingerprint density at radius 2 is 1.83 bits per heavy atom. The second-order valence-electron chi connectivity index (χ2n) is 7.09. The van der Waals surface area contributed by atoms with E-state index in [1.165, 1.54) is 13.2 Å². The van der Waals surface area contributed by atoms with E-state index in [1.807, 2.05) is 12.1 Å². The van der Waals surface area contributed by atoms with Gasteiger partial charge in [-0.15, -0.1) is 10.2 Å². The number of ether oxygens (including phenoxy) is 2. The molecular formula is C25H18Cl2N2O5S. The van der Waals surface area contributed by atoms with Crippen LogP contribution in [0, 0.1) is 0 Å². The Kier molecular flexibility index (Phi) is 7.97. The fourth-order valence-corrected chi connectivity index (χ4v) is 4.14. The number of para-hydroxylation sites is 1. The molecule has 7 nitrogen and oxygen atoms in total. The van der Waals surface area contributed by atoms with Crippen LogP contribution >= 0.6 is 35.0 Å². The molecular weight excluding hydrogens is 511 g/mol. The predicted octanol–water partition coefficient (Wildman–Crippen LogP) is 6.85. The Morgan fingerprint density at radius 1 is 1.03 bits per heavy atom. The Balaban J connectivity index is 1.57. The molecule has 35 heavy (non-hydrogen) atoms. The number of carbonyl (C=O) groups is 1. The van der Waals surface area contributed by atoms with Gasteiger partial charge in [-0.1, -0.05) is 53.5 Å². The van der Waals surface area contributed by atoms with Crippen molar-refractivity contribution in [3.63, 3.8) is 0 Å². The van der Waals surface area contributed by atoms with Crippen molar-refractivity contribution in [3.05, 3.63) is 92.8 Å². The molecule has 178 valence electrons. The normalized spacial score (nSPS) is 11.3. The van der Waals surface area contributed by atoms with E-state index < -0.39 is 5.97 Å². The van der Waals surface area contributed by atoms with Gasteiger partial charge in [0.25, 0.3) is 11.1 Å². The van der Waals surface area contributed by atoms with Crippen LogP contribution in [0.25, 0.3) is 17.5 Å². The number of carboxylic acid groups (broad SMARTS) is 1. The first-order chi connectivity index (χ1) is 16.9. The number of halogens is 2. The fraction of sp³-hybridized carbons (Fsp3) is 0.0800. The van der Waals surface area contributed by atoms with E-state index in [1.54, 1.807) is 54.6 Å². The summed E-state index contributed by atoms with van der Waals surface area (Å²) in [6.07, 6.45) is 1.49. The molecule has 0 aliphatic carbocycles. The first-order valence-electron chi connectivity index (χ1n) is 10.2. The van der Waals surface area contributed by atoms with E-state index >= 15 is 0 Å². The molecule has 0 radical (unpaired) electrons. The molecule has 1 heterocycles. The summed E-state index contributed by atoms with van der Waals surface area (Å²) in [5.74, 6) is 0.0117. The summed E-state index contributed by atoms with van der Waals surface area (Å²) in [5.41, 5.74) is 1.97.